The molecule has 0 radical (unpaired) electrons. The highest BCUT2D eigenvalue weighted by Crippen LogP contribution is 2.17. The van der Waals surface area contributed by atoms with E-state index >= 15 is 0 Å². The molecule has 0 saturated heterocycles. The van der Waals surface area contributed by atoms with E-state index in [1.807, 2.05) is 0 Å². The first-order chi connectivity index (χ1) is 31.6. The van der Waals surface area contributed by atoms with E-state index in [1.54, 1.807) is 0 Å². The maximum atomic E-state index is 12.4. The highest BCUT2D eigenvalue weighted by atomic mass is 16.7. The molecule has 376 valence electrons. The van der Waals surface area contributed by atoms with Crippen LogP contribution in [-0.4, -0.2) is 81.1 Å². The fourth-order valence-corrected chi connectivity index (χ4v) is 6.94. The van der Waals surface area contributed by atoms with Gasteiger partial charge in [-0.2, -0.15) is 0 Å². The zero-order valence-corrected chi connectivity index (χ0v) is 40.7. The van der Waals surface area contributed by atoms with Crippen LogP contribution in [0.2, 0.25) is 0 Å². The zero-order valence-electron chi connectivity index (χ0n) is 40.7. The van der Waals surface area contributed by atoms with Crippen LogP contribution in [0.5, 0.6) is 0 Å². The highest BCUT2D eigenvalue weighted by Gasteiger charge is 2.16. The first-order valence-corrected chi connectivity index (χ1v) is 25.4. The van der Waals surface area contributed by atoms with Crippen molar-refractivity contribution in [3.05, 3.63) is 24.3 Å². The van der Waals surface area contributed by atoms with Crippen LogP contribution in [0.15, 0.2) is 24.3 Å². The number of rotatable bonds is 46. The number of ether oxygens (including phenoxy) is 6. The van der Waals surface area contributed by atoms with Crippen LogP contribution in [0.4, 0.5) is 0 Å². The van der Waals surface area contributed by atoms with Gasteiger partial charge in [0.05, 0.1) is 0 Å². The minimum absolute atomic E-state index is 0.158. The molecule has 0 aliphatic carbocycles. The van der Waals surface area contributed by atoms with Crippen molar-refractivity contribution in [2.24, 2.45) is 11.5 Å². The molecule has 4 N–H and O–H groups in total. The number of nitrogens with two attached hydrogens (primary N) is 2. The third-order valence-corrected chi connectivity index (χ3v) is 10.7. The summed E-state index contributed by atoms with van der Waals surface area (Å²) in [4.78, 5) is 72.3. The number of unbranched alkanes of at least 4 members (excludes halogenated alkanes) is 16. The van der Waals surface area contributed by atoms with Crippen LogP contribution in [0.25, 0.3) is 0 Å². The van der Waals surface area contributed by atoms with Crippen molar-refractivity contribution in [1.82, 2.24) is 0 Å². The van der Waals surface area contributed by atoms with E-state index in [9.17, 15) is 28.8 Å². The largest absolute Gasteiger partial charge is 0.464 e. The van der Waals surface area contributed by atoms with Gasteiger partial charge in [0.1, 0.15) is 25.4 Å². The summed E-state index contributed by atoms with van der Waals surface area (Å²) in [6.07, 6.45) is 33.6. The molecule has 0 aliphatic rings. The summed E-state index contributed by atoms with van der Waals surface area (Å²) >= 11 is 0. The summed E-state index contributed by atoms with van der Waals surface area (Å²) in [6.45, 7) is 4.93. The van der Waals surface area contributed by atoms with Gasteiger partial charge in [-0.3, -0.25) is 28.8 Å². The van der Waals surface area contributed by atoms with Gasteiger partial charge in [-0.05, 0) is 77.0 Å². The Kier molecular flexibility index (Phi) is 44.0. The van der Waals surface area contributed by atoms with Crippen molar-refractivity contribution in [3.8, 4) is 0 Å². The van der Waals surface area contributed by atoms with E-state index in [0.717, 1.165) is 141 Å². The van der Waals surface area contributed by atoms with Gasteiger partial charge < -0.3 is 39.9 Å². The van der Waals surface area contributed by atoms with Gasteiger partial charge in [0, 0.05) is 64.5 Å². The van der Waals surface area contributed by atoms with Crippen molar-refractivity contribution in [2.45, 2.75) is 232 Å². The number of allylic oxidation sites excluding steroid dienone is 2. The zero-order chi connectivity index (χ0) is 47.9. The van der Waals surface area contributed by atoms with Gasteiger partial charge >= 0.3 is 35.8 Å². The Labute approximate surface area is 392 Å². The molecule has 14 nitrogen and oxygen atoms in total. The average Bonchev–Trinajstić information content (AvgIpc) is 3.28. The van der Waals surface area contributed by atoms with E-state index in [1.165, 1.54) is 0 Å². The van der Waals surface area contributed by atoms with Gasteiger partial charge in [-0.15, -0.1) is 0 Å². The highest BCUT2D eigenvalue weighted by molar-refractivity contribution is 5.73. The number of hydrogen-bond acceptors (Lipinski definition) is 14. The third kappa shape index (κ3) is 43.9. The first kappa shape index (κ1) is 61.2. The number of esters is 6. The average molecular weight is 923 g/mol. The number of carbonyl (C=O) groups is 6. The van der Waals surface area contributed by atoms with Gasteiger partial charge in [0.15, 0.2) is 0 Å². The van der Waals surface area contributed by atoms with Gasteiger partial charge in [-0.25, -0.2) is 0 Å². The quantitative estimate of drug-likeness (QED) is 0.0191. The van der Waals surface area contributed by atoms with Crippen LogP contribution in [-0.2, 0) is 57.2 Å². The molecule has 0 heterocycles. The molecule has 0 bridgehead atoms. The van der Waals surface area contributed by atoms with Gasteiger partial charge in [0.2, 0.25) is 6.79 Å². The Hall–Kier alpha value is -3.78. The summed E-state index contributed by atoms with van der Waals surface area (Å²) in [6, 6.07) is 0. The van der Waals surface area contributed by atoms with E-state index in [-0.39, 0.29) is 107 Å². The molecule has 0 aromatic carbocycles. The molecular formula is C51H90N2O12. The Morgan fingerprint density at radius 2 is 0.723 bits per heavy atom. The summed E-state index contributed by atoms with van der Waals surface area (Å²) in [7, 11) is 0. The SMILES string of the molecule is CCCCCCC(C/C=C\CCCCCCCC(=O)OCOC(=O)CCCCCCC/C=C\CC(CCCCCC)OC(=O)CCCC(=O)OCCN)OC(=O)CCCC(=O)OCCN. The molecule has 2 atom stereocenters. The lowest BCUT2D eigenvalue weighted by atomic mass is 10.1. The fraction of sp³-hybridized carbons (Fsp3) is 0.804. The molecule has 0 aromatic rings. The normalized spacial score (nSPS) is 12.2. The molecule has 14 heteroatoms. The molecule has 65 heavy (non-hydrogen) atoms. The van der Waals surface area contributed by atoms with Crippen LogP contribution >= 0.6 is 0 Å². The van der Waals surface area contributed by atoms with Crippen molar-refractivity contribution in [3.63, 3.8) is 0 Å². The lowest BCUT2D eigenvalue weighted by Crippen LogP contribution is -2.18. The van der Waals surface area contributed by atoms with Crippen LogP contribution in [0, 0.1) is 0 Å². The second kappa shape index (κ2) is 46.7. The van der Waals surface area contributed by atoms with Crippen molar-refractivity contribution >= 4 is 35.8 Å². The van der Waals surface area contributed by atoms with Crippen molar-refractivity contribution in [2.75, 3.05) is 33.1 Å². The molecule has 0 aliphatic heterocycles. The third-order valence-electron chi connectivity index (χ3n) is 10.7. The second-order valence-electron chi connectivity index (χ2n) is 16.8. The van der Waals surface area contributed by atoms with E-state index in [0.29, 0.717) is 38.5 Å². The summed E-state index contributed by atoms with van der Waals surface area (Å²) in [5.41, 5.74) is 10.7. The Bertz CT molecular complexity index is 1180. The Balaban J connectivity index is 4.03. The van der Waals surface area contributed by atoms with E-state index in [4.69, 9.17) is 39.9 Å². The second-order valence-corrected chi connectivity index (χ2v) is 16.8. The fourth-order valence-electron chi connectivity index (χ4n) is 6.94. The van der Waals surface area contributed by atoms with Crippen LogP contribution < -0.4 is 11.5 Å². The van der Waals surface area contributed by atoms with Gasteiger partial charge in [-0.1, -0.05) is 115 Å². The minimum atomic E-state index is -0.358. The molecule has 0 rings (SSSR count). The predicted octanol–water partition coefficient (Wildman–Crippen LogP) is 10.5. The van der Waals surface area contributed by atoms with E-state index < -0.39 is 0 Å². The standard InChI is InChI=1S/C51H90N2O12/c1-3-5-7-21-29-44(64-50(58)37-27-35-46(54)60-41-39-52)31-23-17-13-9-11-15-19-25-33-48(56)62-43-63-49(57)34-26-20-16-12-10-14-18-24-32-45(30-22-8-6-4-2)65-51(59)38-28-36-47(55)61-42-40-53/h17-18,23-24,44-45H,3-16,19-22,25-43,52-53H2,1-2H3/b23-17-,24-18-. The predicted molar refractivity (Wildman–Crippen MR) is 254 cm³/mol. The van der Waals surface area contributed by atoms with Crippen molar-refractivity contribution < 1.29 is 57.2 Å². The molecule has 0 spiro atoms. The maximum Gasteiger partial charge on any atom is 0.308 e. The summed E-state index contributed by atoms with van der Waals surface area (Å²) in [5.74, 6) is -1.96. The number of carbonyl (C=O) groups excluding carboxylic acids is 6. The molecule has 2 unspecified atom stereocenters. The lowest BCUT2D eigenvalue weighted by molar-refractivity contribution is -0.167. The topological polar surface area (TPSA) is 210 Å². The summed E-state index contributed by atoms with van der Waals surface area (Å²) < 4.78 is 31.6. The van der Waals surface area contributed by atoms with Crippen LogP contribution in [0.3, 0.4) is 0 Å². The van der Waals surface area contributed by atoms with Crippen molar-refractivity contribution in [1.29, 1.82) is 0 Å². The number of hydrogen-bond donors (Lipinski definition) is 2. The maximum absolute atomic E-state index is 12.4. The van der Waals surface area contributed by atoms with E-state index in [2.05, 4.69) is 38.2 Å². The molecular weight excluding hydrogens is 833 g/mol. The Morgan fingerprint density at radius 1 is 0.385 bits per heavy atom. The molecule has 0 amide bonds. The smallest absolute Gasteiger partial charge is 0.308 e. The summed E-state index contributed by atoms with van der Waals surface area (Å²) in [5, 5.41) is 0. The lowest BCUT2D eigenvalue weighted by Gasteiger charge is -2.16. The monoisotopic (exact) mass is 923 g/mol. The first-order valence-electron chi connectivity index (χ1n) is 25.4. The minimum Gasteiger partial charge on any atom is -0.464 e. The van der Waals surface area contributed by atoms with Gasteiger partial charge in [0.25, 0.3) is 0 Å². The van der Waals surface area contributed by atoms with Crippen LogP contribution in [0.1, 0.15) is 219 Å². The molecule has 0 fully saturated rings. The Morgan fingerprint density at radius 3 is 1.12 bits per heavy atom. The molecule has 0 aromatic heterocycles. The molecule has 0 saturated carbocycles.